The molecule has 2 N–H and O–H groups in total. The summed E-state index contributed by atoms with van der Waals surface area (Å²) in [6.45, 7) is 2.72. The Balaban J connectivity index is 1.62. The zero-order valence-electron chi connectivity index (χ0n) is 12.1. The van der Waals surface area contributed by atoms with E-state index in [1.165, 1.54) is 29.8 Å². The van der Waals surface area contributed by atoms with Crippen LogP contribution in [0.5, 0.6) is 0 Å². The van der Waals surface area contributed by atoms with E-state index in [-0.39, 0.29) is 0 Å². The van der Waals surface area contributed by atoms with Gasteiger partial charge in [-0.2, -0.15) is 0 Å². The molecule has 0 aromatic heterocycles. The molecule has 110 valence electrons. The van der Waals surface area contributed by atoms with Gasteiger partial charge in [0.05, 0.1) is 13.2 Å². The number of rotatable bonds is 4. The van der Waals surface area contributed by atoms with E-state index in [0.717, 1.165) is 19.8 Å². The Bertz CT molecular complexity index is 417. The van der Waals surface area contributed by atoms with E-state index in [4.69, 9.17) is 4.74 Å². The van der Waals surface area contributed by atoms with Gasteiger partial charge >= 0.3 is 0 Å². The molecule has 1 aliphatic heterocycles. The van der Waals surface area contributed by atoms with Crippen molar-refractivity contribution in [2.24, 2.45) is 5.92 Å². The van der Waals surface area contributed by atoms with E-state index in [1.807, 2.05) is 0 Å². The van der Waals surface area contributed by atoms with E-state index >= 15 is 0 Å². The first-order chi connectivity index (χ1) is 9.86. The lowest BCUT2D eigenvalue weighted by Gasteiger charge is -2.33. The number of anilines is 1. The van der Waals surface area contributed by atoms with Crippen molar-refractivity contribution in [3.05, 3.63) is 24.3 Å². The molecule has 0 spiro atoms. The van der Waals surface area contributed by atoms with Crippen LogP contribution in [0.1, 0.15) is 19.3 Å². The van der Waals surface area contributed by atoms with Crippen molar-refractivity contribution in [1.82, 2.24) is 5.32 Å². The third-order valence-electron chi connectivity index (χ3n) is 4.48. The molecular weight excluding hydrogens is 268 g/mol. The van der Waals surface area contributed by atoms with Gasteiger partial charge in [-0.1, -0.05) is 6.42 Å². The van der Waals surface area contributed by atoms with Crippen molar-refractivity contribution in [3.63, 3.8) is 0 Å². The maximum atomic E-state index is 5.63. The smallest absolute Gasteiger partial charge is 0.0623 e. The molecular formula is C16H24N2OS. The van der Waals surface area contributed by atoms with Gasteiger partial charge in [-0.25, -0.2) is 0 Å². The summed E-state index contributed by atoms with van der Waals surface area (Å²) >= 11 is 1.79. The highest BCUT2D eigenvalue weighted by molar-refractivity contribution is 7.98. The van der Waals surface area contributed by atoms with Crippen molar-refractivity contribution >= 4 is 17.4 Å². The van der Waals surface area contributed by atoms with E-state index in [1.54, 1.807) is 11.8 Å². The summed E-state index contributed by atoms with van der Waals surface area (Å²) in [7, 11) is 0. The highest BCUT2D eigenvalue weighted by Gasteiger charge is 2.34. The Kier molecular flexibility index (Phi) is 4.86. The lowest BCUT2D eigenvalue weighted by atomic mass is 9.94. The van der Waals surface area contributed by atoms with Crippen molar-refractivity contribution < 1.29 is 4.74 Å². The van der Waals surface area contributed by atoms with Gasteiger partial charge < -0.3 is 15.4 Å². The average Bonchev–Trinajstić information content (AvgIpc) is 2.97. The van der Waals surface area contributed by atoms with Crippen LogP contribution < -0.4 is 10.6 Å². The largest absolute Gasteiger partial charge is 0.382 e. The normalized spacial score (nSPS) is 30.4. The zero-order valence-corrected chi connectivity index (χ0v) is 12.9. The van der Waals surface area contributed by atoms with Gasteiger partial charge in [0.2, 0.25) is 0 Å². The van der Waals surface area contributed by atoms with Crippen molar-refractivity contribution in [1.29, 1.82) is 0 Å². The first-order valence-electron chi connectivity index (χ1n) is 7.58. The number of hydrogen-bond donors (Lipinski definition) is 2. The molecule has 2 aliphatic rings. The maximum Gasteiger partial charge on any atom is 0.0623 e. The Morgan fingerprint density at radius 1 is 1.25 bits per heavy atom. The Morgan fingerprint density at radius 2 is 2.10 bits per heavy atom. The predicted octanol–water partition coefficient (Wildman–Crippen LogP) is 2.98. The standard InChI is InChI=1S/C16H24N2OS/c1-20-13-7-5-12(6-8-13)18-15-4-2-3-14(15)16-11-19-10-9-17-16/h5-8,14-18H,2-4,9-11H2,1H3. The minimum Gasteiger partial charge on any atom is -0.382 e. The molecule has 3 rings (SSSR count). The van der Waals surface area contributed by atoms with Crippen LogP contribution in [0.25, 0.3) is 0 Å². The van der Waals surface area contributed by atoms with E-state index < -0.39 is 0 Å². The number of morpholine rings is 1. The number of thioether (sulfide) groups is 1. The van der Waals surface area contributed by atoms with Crippen molar-refractivity contribution in [3.8, 4) is 0 Å². The summed E-state index contributed by atoms with van der Waals surface area (Å²) in [5, 5.41) is 7.36. The Labute approximate surface area is 125 Å². The molecule has 1 saturated heterocycles. The molecule has 1 aromatic carbocycles. The molecule has 1 aliphatic carbocycles. The molecule has 0 radical (unpaired) electrons. The van der Waals surface area contributed by atoms with E-state index in [2.05, 4.69) is 41.2 Å². The molecule has 4 heteroatoms. The van der Waals surface area contributed by atoms with Gasteiger partial charge in [0.15, 0.2) is 0 Å². The van der Waals surface area contributed by atoms with Gasteiger partial charge in [-0.05, 0) is 49.3 Å². The monoisotopic (exact) mass is 292 g/mol. The van der Waals surface area contributed by atoms with Crippen LogP contribution in [0.3, 0.4) is 0 Å². The topological polar surface area (TPSA) is 33.3 Å². The molecule has 3 nitrogen and oxygen atoms in total. The lowest BCUT2D eigenvalue weighted by Crippen LogP contribution is -2.49. The highest BCUT2D eigenvalue weighted by Crippen LogP contribution is 2.32. The van der Waals surface area contributed by atoms with Gasteiger partial charge in [0, 0.05) is 29.2 Å². The summed E-state index contributed by atoms with van der Waals surface area (Å²) in [5.41, 5.74) is 1.25. The van der Waals surface area contributed by atoms with Crippen LogP contribution in [-0.4, -0.2) is 38.1 Å². The Morgan fingerprint density at radius 3 is 2.80 bits per heavy atom. The summed E-state index contributed by atoms with van der Waals surface area (Å²) in [4.78, 5) is 1.32. The maximum absolute atomic E-state index is 5.63. The van der Waals surface area contributed by atoms with Gasteiger partial charge in [-0.15, -0.1) is 11.8 Å². The predicted molar refractivity (Wildman–Crippen MR) is 85.6 cm³/mol. The summed E-state index contributed by atoms with van der Waals surface area (Å²) in [6.07, 6.45) is 6.02. The second-order valence-electron chi connectivity index (χ2n) is 5.71. The summed E-state index contributed by atoms with van der Waals surface area (Å²) in [6, 6.07) is 9.89. The van der Waals surface area contributed by atoms with Crippen LogP contribution in [0.2, 0.25) is 0 Å². The molecule has 0 amide bonds. The van der Waals surface area contributed by atoms with Gasteiger partial charge in [-0.3, -0.25) is 0 Å². The number of ether oxygens (including phenoxy) is 1. The number of nitrogens with one attached hydrogen (secondary N) is 2. The molecule has 0 bridgehead atoms. The number of hydrogen-bond acceptors (Lipinski definition) is 4. The molecule has 1 saturated carbocycles. The fourth-order valence-corrected chi connectivity index (χ4v) is 3.82. The SMILES string of the molecule is CSc1ccc(NC2CCCC2C2COCCN2)cc1. The van der Waals surface area contributed by atoms with E-state index in [9.17, 15) is 0 Å². The molecule has 20 heavy (non-hydrogen) atoms. The lowest BCUT2D eigenvalue weighted by molar-refractivity contribution is 0.0559. The van der Waals surface area contributed by atoms with Crippen LogP contribution >= 0.6 is 11.8 Å². The fourth-order valence-electron chi connectivity index (χ4n) is 3.41. The quantitative estimate of drug-likeness (QED) is 0.836. The second-order valence-corrected chi connectivity index (χ2v) is 6.59. The summed E-state index contributed by atoms with van der Waals surface area (Å²) in [5.74, 6) is 0.690. The van der Waals surface area contributed by atoms with Crippen LogP contribution in [0, 0.1) is 5.92 Å². The van der Waals surface area contributed by atoms with E-state index in [0.29, 0.717) is 18.0 Å². The first-order valence-corrected chi connectivity index (χ1v) is 8.81. The minimum atomic E-state index is 0.522. The van der Waals surface area contributed by atoms with Crippen molar-refractivity contribution in [2.75, 3.05) is 31.3 Å². The molecule has 3 unspecified atom stereocenters. The highest BCUT2D eigenvalue weighted by atomic mass is 32.2. The Hall–Kier alpha value is -0.710. The third-order valence-corrected chi connectivity index (χ3v) is 5.22. The third kappa shape index (κ3) is 3.30. The van der Waals surface area contributed by atoms with Gasteiger partial charge in [0.25, 0.3) is 0 Å². The fraction of sp³-hybridized carbons (Fsp3) is 0.625. The van der Waals surface area contributed by atoms with Gasteiger partial charge in [0.1, 0.15) is 0 Å². The van der Waals surface area contributed by atoms with Crippen LogP contribution in [-0.2, 0) is 4.74 Å². The molecule has 3 atom stereocenters. The van der Waals surface area contributed by atoms with Crippen molar-refractivity contribution in [2.45, 2.75) is 36.2 Å². The molecule has 1 aromatic rings. The summed E-state index contributed by atoms with van der Waals surface area (Å²) < 4.78 is 5.63. The average molecular weight is 292 g/mol. The van der Waals surface area contributed by atoms with Crippen LogP contribution in [0.4, 0.5) is 5.69 Å². The van der Waals surface area contributed by atoms with Crippen LogP contribution in [0.15, 0.2) is 29.2 Å². The molecule has 2 fully saturated rings. The number of benzene rings is 1. The molecule has 1 heterocycles. The minimum absolute atomic E-state index is 0.522. The first kappa shape index (κ1) is 14.2. The second kappa shape index (κ2) is 6.83. The zero-order chi connectivity index (χ0) is 13.8.